The minimum absolute atomic E-state index is 0.202. The van der Waals surface area contributed by atoms with Gasteiger partial charge in [0, 0.05) is 5.56 Å². The Morgan fingerprint density at radius 1 is 1.08 bits per heavy atom. The Morgan fingerprint density at radius 2 is 1.83 bits per heavy atom. The lowest BCUT2D eigenvalue weighted by atomic mass is 10.1. The standard InChI is InChI=1S/C18H15NO5/c1-2-23-16(20)10-19-18(22)11-7-8-15-13(9-11)17(21)12-5-3-4-6-14(12)24-15/h3-9H,2,10H2,1H3,(H,19,22). The van der Waals surface area contributed by atoms with Crippen LogP contribution in [0.4, 0.5) is 0 Å². The zero-order chi connectivity index (χ0) is 17.1. The van der Waals surface area contributed by atoms with E-state index in [1.54, 1.807) is 43.3 Å². The summed E-state index contributed by atoms with van der Waals surface area (Å²) in [5, 5.41) is 3.23. The Hall–Kier alpha value is -3.15. The molecule has 0 spiro atoms. The number of fused-ring (bicyclic) bond motifs is 2. The highest BCUT2D eigenvalue weighted by Crippen LogP contribution is 2.19. The Kier molecular flexibility index (Phi) is 4.29. The van der Waals surface area contributed by atoms with Gasteiger partial charge in [-0.1, -0.05) is 12.1 Å². The van der Waals surface area contributed by atoms with Gasteiger partial charge in [-0.05, 0) is 37.3 Å². The fourth-order valence-electron chi connectivity index (χ4n) is 2.41. The van der Waals surface area contributed by atoms with Gasteiger partial charge >= 0.3 is 5.97 Å². The zero-order valence-electron chi connectivity index (χ0n) is 13.0. The van der Waals surface area contributed by atoms with E-state index < -0.39 is 11.9 Å². The Balaban J connectivity index is 1.94. The maximum atomic E-state index is 12.5. The van der Waals surface area contributed by atoms with Crippen LogP contribution < -0.4 is 10.7 Å². The van der Waals surface area contributed by atoms with E-state index in [-0.39, 0.29) is 24.1 Å². The fourth-order valence-corrected chi connectivity index (χ4v) is 2.41. The van der Waals surface area contributed by atoms with Crippen LogP contribution in [0.1, 0.15) is 17.3 Å². The molecule has 0 saturated carbocycles. The Morgan fingerprint density at radius 3 is 2.62 bits per heavy atom. The number of amides is 1. The van der Waals surface area contributed by atoms with Crippen molar-refractivity contribution in [2.45, 2.75) is 6.92 Å². The maximum absolute atomic E-state index is 12.5. The average molecular weight is 325 g/mol. The summed E-state index contributed by atoms with van der Waals surface area (Å²) in [6, 6.07) is 11.5. The number of nitrogens with one attached hydrogen (secondary N) is 1. The molecule has 0 fully saturated rings. The van der Waals surface area contributed by atoms with Crippen LogP contribution in [0.25, 0.3) is 21.9 Å². The molecule has 0 radical (unpaired) electrons. The number of benzene rings is 2. The summed E-state index contributed by atoms with van der Waals surface area (Å²) in [5.74, 6) is -0.977. The highest BCUT2D eigenvalue weighted by molar-refractivity contribution is 6.00. The van der Waals surface area contributed by atoms with Gasteiger partial charge < -0.3 is 14.5 Å². The first-order chi connectivity index (χ1) is 11.6. The Bertz CT molecular complexity index is 990. The van der Waals surface area contributed by atoms with Crippen molar-refractivity contribution in [1.82, 2.24) is 5.32 Å². The van der Waals surface area contributed by atoms with Gasteiger partial charge in [0.2, 0.25) is 5.43 Å². The summed E-state index contributed by atoms with van der Waals surface area (Å²) in [5.41, 5.74) is 0.969. The summed E-state index contributed by atoms with van der Waals surface area (Å²) in [4.78, 5) is 36.0. The molecule has 0 aliphatic carbocycles. The minimum Gasteiger partial charge on any atom is -0.465 e. The first-order valence-electron chi connectivity index (χ1n) is 7.49. The molecule has 0 aliphatic heterocycles. The van der Waals surface area contributed by atoms with Crippen LogP contribution in [0.15, 0.2) is 51.7 Å². The zero-order valence-corrected chi connectivity index (χ0v) is 13.0. The van der Waals surface area contributed by atoms with Gasteiger partial charge in [-0.25, -0.2) is 0 Å². The maximum Gasteiger partial charge on any atom is 0.325 e. The van der Waals surface area contributed by atoms with Gasteiger partial charge in [0.15, 0.2) is 0 Å². The van der Waals surface area contributed by atoms with E-state index in [1.807, 2.05) is 0 Å². The lowest BCUT2D eigenvalue weighted by Crippen LogP contribution is -2.30. The second-order valence-corrected chi connectivity index (χ2v) is 5.13. The molecule has 2 aromatic carbocycles. The van der Waals surface area contributed by atoms with Crippen molar-refractivity contribution in [3.63, 3.8) is 0 Å². The van der Waals surface area contributed by atoms with Crippen LogP contribution in [0.3, 0.4) is 0 Å². The van der Waals surface area contributed by atoms with Crippen LogP contribution >= 0.6 is 0 Å². The summed E-state index contributed by atoms with van der Waals surface area (Å²) in [6.07, 6.45) is 0. The lowest BCUT2D eigenvalue weighted by Gasteiger charge is -2.06. The van der Waals surface area contributed by atoms with Crippen molar-refractivity contribution >= 4 is 33.8 Å². The lowest BCUT2D eigenvalue weighted by molar-refractivity contribution is -0.141. The van der Waals surface area contributed by atoms with Crippen LogP contribution in [0, 0.1) is 0 Å². The number of hydrogen-bond donors (Lipinski definition) is 1. The van der Waals surface area contributed by atoms with Crippen LogP contribution in [0.2, 0.25) is 0 Å². The van der Waals surface area contributed by atoms with E-state index in [0.29, 0.717) is 21.9 Å². The van der Waals surface area contributed by atoms with E-state index in [2.05, 4.69) is 5.32 Å². The van der Waals surface area contributed by atoms with Crippen molar-refractivity contribution in [3.05, 3.63) is 58.3 Å². The summed E-state index contributed by atoms with van der Waals surface area (Å²) in [7, 11) is 0. The van der Waals surface area contributed by atoms with E-state index in [4.69, 9.17) is 9.15 Å². The summed E-state index contributed by atoms with van der Waals surface area (Å²) >= 11 is 0. The normalized spacial score (nSPS) is 10.7. The van der Waals surface area contributed by atoms with Gasteiger partial charge in [-0.3, -0.25) is 14.4 Å². The molecule has 122 valence electrons. The van der Waals surface area contributed by atoms with Crippen molar-refractivity contribution in [3.8, 4) is 0 Å². The molecule has 6 nitrogen and oxygen atoms in total. The van der Waals surface area contributed by atoms with Gasteiger partial charge in [-0.2, -0.15) is 0 Å². The molecule has 3 aromatic rings. The molecule has 0 atom stereocenters. The molecule has 6 heteroatoms. The number of ether oxygens (including phenoxy) is 1. The van der Waals surface area contributed by atoms with Gasteiger partial charge in [0.05, 0.1) is 17.4 Å². The van der Waals surface area contributed by atoms with Crippen molar-refractivity contribution in [1.29, 1.82) is 0 Å². The van der Waals surface area contributed by atoms with Gasteiger partial charge in [-0.15, -0.1) is 0 Å². The van der Waals surface area contributed by atoms with Crippen LogP contribution in [-0.2, 0) is 9.53 Å². The van der Waals surface area contributed by atoms with Crippen molar-refractivity contribution < 1.29 is 18.7 Å². The van der Waals surface area contributed by atoms with Gasteiger partial charge in [0.25, 0.3) is 5.91 Å². The van der Waals surface area contributed by atoms with Crippen LogP contribution in [0.5, 0.6) is 0 Å². The van der Waals surface area contributed by atoms with E-state index in [0.717, 1.165) is 0 Å². The predicted molar refractivity (Wildman–Crippen MR) is 89.0 cm³/mol. The third-order valence-electron chi connectivity index (χ3n) is 3.54. The molecule has 0 saturated heterocycles. The minimum atomic E-state index is -0.517. The van der Waals surface area contributed by atoms with E-state index in [1.165, 1.54) is 6.07 Å². The number of hydrogen-bond acceptors (Lipinski definition) is 5. The molecule has 3 rings (SSSR count). The molecule has 1 N–H and O–H groups in total. The van der Waals surface area contributed by atoms with E-state index in [9.17, 15) is 14.4 Å². The number of carbonyl (C=O) groups is 2. The molecule has 0 aliphatic rings. The number of para-hydroxylation sites is 1. The highest BCUT2D eigenvalue weighted by atomic mass is 16.5. The number of rotatable bonds is 4. The molecule has 1 amide bonds. The third kappa shape index (κ3) is 2.99. The molecule has 0 bridgehead atoms. The fraction of sp³-hybridized carbons (Fsp3) is 0.167. The number of carbonyl (C=O) groups excluding carboxylic acids is 2. The largest absolute Gasteiger partial charge is 0.465 e. The van der Waals surface area contributed by atoms with Gasteiger partial charge in [0.1, 0.15) is 17.7 Å². The quantitative estimate of drug-likeness (QED) is 0.587. The molecular weight excluding hydrogens is 310 g/mol. The first-order valence-corrected chi connectivity index (χ1v) is 7.49. The molecular formula is C18H15NO5. The molecule has 24 heavy (non-hydrogen) atoms. The monoisotopic (exact) mass is 325 g/mol. The predicted octanol–water partition coefficient (Wildman–Crippen LogP) is 2.24. The summed E-state index contributed by atoms with van der Waals surface area (Å²) in [6.45, 7) is 1.71. The van der Waals surface area contributed by atoms with Crippen molar-refractivity contribution in [2.24, 2.45) is 0 Å². The van der Waals surface area contributed by atoms with Crippen LogP contribution in [-0.4, -0.2) is 25.0 Å². The van der Waals surface area contributed by atoms with Crippen molar-refractivity contribution in [2.75, 3.05) is 13.2 Å². The average Bonchev–Trinajstić information content (AvgIpc) is 2.60. The number of esters is 1. The molecule has 1 aromatic heterocycles. The molecule has 0 unspecified atom stereocenters. The highest BCUT2D eigenvalue weighted by Gasteiger charge is 2.12. The second kappa shape index (κ2) is 6.54. The topological polar surface area (TPSA) is 85.6 Å². The first kappa shape index (κ1) is 15.7. The molecule has 1 heterocycles. The summed E-state index contributed by atoms with van der Waals surface area (Å²) < 4.78 is 10.4. The van der Waals surface area contributed by atoms with E-state index >= 15 is 0 Å². The second-order valence-electron chi connectivity index (χ2n) is 5.13. The third-order valence-corrected chi connectivity index (χ3v) is 3.54. The smallest absolute Gasteiger partial charge is 0.325 e. The SMILES string of the molecule is CCOC(=O)CNC(=O)c1ccc2oc3ccccc3c(=O)c2c1. The Labute approximate surface area is 137 Å².